The molecule has 0 heterocycles. The highest BCUT2D eigenvalue weighted by Gasteiger charge is 2.10. The van der Waals surface area contributed by atoms with E-state index in [0.29, 0.717) is 12.2 Å². The Kier molecular flexibility index (Phi) is 8.02. The highest BCUT2D eigenvalue weighted by atomic mass is 32.2. The molecule has 0 aliphatic carbocycles. The Morgan fingerprint density at radius 2 is 1.77 bits per heavy atom. The summed E-state index contributed by atoms with van der Waals surface area (Å²) >= 11 is 1.50. The van der Waals surface area contributed by atoms with Crippen LogP contribution in [0.15, 0.2) is 59.5 Å². The highest BCUT2D eigenvalue weighted by molar-refractivity contribution is 7.99. The van der Waals surface area contributed by atoms with Gasteiger partial charge in [-0.25, -0.2) is 4.79 Å². The second-order valence-corrected chi connectivity index (χ2v) is 7.22. The maximum Gasteiger partial charge on any atom is 0.319 e. The van der Waals surface area contributed by atoms with Crippen molar-refractivity contribution in [2.75, 3.05) is 11.1 Å². The van der Waals surface area contributed by atoms with Gasteiger partial charge in [-0.2, -0.15) is 0 Å². The van der Waals surface area contributed by atoms with Crippen LogP contribution in [0.25, 0.3) is 0 Å². The van der Waals surface area contributed by atoms with Crippen molar-refractivity contribution in [2.45, 2.75) is 37.1 Å². The standard InChI is InChI=1S/C20H25N3O2S/c1-15(11-12-16-7-3-2-4-8-16)22-20(25)23-17-9-5-6-10-18(17)26-14-13-19(21)24/h2-10,15H,11-14H2,1H3,(H2,21,24)(H2,22,23,25). The van der Waals surface area contributed by atoms with E-state index in [0.717, 1.165) is 23.4 Å². The van der Waals surface area contributed by atoms with Crippen molar-refractivity contribution in [1.82, 2.24) is 5.32 Å². The molecule has 0 spiro atoms. The first-order valence-electron chi connectivity index (χ1n) is 8.66. The van der Waals surface area contributed by atoms with Crippen LogP contribution in [0.2, 0.25) is 0 Å². The molecule has 0 aliphatic heterocycles. The Morgan fingerprint density at radius 1 is 1.08 bits per heavy atom. The summed E-state index contributed by atoms with van der Waals surface area (Å²) in [5.74, 6) is 0.260. The fourth-order valence-corrected chi connectivity index (χ4v) is 3.41. The first kappa shape index (κ1) is 19.8. The third kappa shape index (κ3) is 7.19. The molecule has 0 bridgehead atoms. The van der Waals surface area contributed by atoms with Gasteiger partial charge in [0, 0.05) is 23.1 Å². The van der Waals surface area contributed by atoms with Gasteiger partial charge in [0.1, 0.15) is 0 Å². The van der Waals surface area contributed by atoms with Gasteiger partial charge in [0.25, 0.3) is 0 Å². The van der Waals surface area contributed by atoms with E-state index < -0.39 is 0 Å². The van der Waals surface area contributed by atoms with Gasteiger partial charge in [0.2, 0.25) is 5.91 Å². The Labute approximate surface area is 158 Å². The van der Waals surface area contributed by atoms with Gasteiger partial charge in [-0.1, -0.05) is 42.5 Å². The maximum absolute atomic E-state index is 12.3. The lowest BCUT2D eigenvalue weighted by Crippen LogP contribution is -2.36. The molecule has 5 nitrogen and oxygen atoms in total. The van der Waals surface area contributed by atoms with E-state index in [1.54, 1.807) is 0 Å². The Bertz CT molecular complexity index is 722. The zero-order valence-corrected chi connectivity index (χ0v) is 15.7. The van der Waals surface area contributed by atoms with Gasteiger partial charge in [0.05, 0.1) is 5.69 Å². The lowest BCUT2D eigenvalue weighted by Gasteiger charge is -2.16. The normalized spacial score (nSPS) is 11.6. The van der Waals surface area contributed by atoms with Crippen molar-refractivity contribution < 1.29 is 9.59 Å². The summed E-state index contributed by atoms with van der Waals surface area (Å²) in [7, 11) is 0. The maximum atomic E-state index is 12.3. The van der Waals surface area contributed by atoms with Crippen LogP contribution in [0.5, 0.6) is 0 Å². The summed E-state index contributed by atoms with van der Waals surface area (Å²) in [6.45, 7) is 2.00. The number of rotatable bonds is 9. The molecule has 1 atom stereocenters. The van der Waals surface area contributed by atoms with Crippen LogP contribution < -0.4 is 16.4 Å². The third-order valence-electron chi connectivity index (χ3n) is 3.83. The largest absolute Gasteiger partial charge is 0.370 e. The van der Waals surface area contributed by atoms with E-state index >= 15 is 0 Å². The average Bonchev–Trinajstić information content (AvgIpc) is 2.62. The summed E-state index contributed by atoms with van der Waals surface area (Å²) in [4.78, 5) is 24.0. The number of aryl methyl sites for hydroxylation is 1. The summed E-state index contributed by atoms with van der Waals surface area (Å²) in [5, 5.41) is 5.86. The van der Waals surface area contributed by atoms with E-state index in [9.17, 15) is 9.59 Å². The van der Waals surface area contributed by atoms with Gasteiger partial charge in [-0.15, -0.1) is 11.8 Å². The summed E-state index contributed by atoms with van der Waals surface area (Å²) in [5.41, 5.74) is 7.16. The Hall–Kier alpha value is -2.47. The zero-order chi connectivity index (χ0) is 18.8. The number of carbonyl (C=O) groups is 2. The van der Waals surface area contributed by atoms with Crippen LogP contribution in [0, 0.1) is 0 Å². The molecule has 2 rings (SSSR count). The minimum Gasteiger partial charge on any atom is -0.370 e. The van der Waals surface area contributed by atoms with Gasteiger partial charge in [0.15, 0.2) is 0 Å². The van der Waals surface area contributed by atoms with Crippen LogP contribution >= 0.6 is 11.8 Å². The molecule has 2 aromatic carbocycles. The number of amides is 3. The first-order chi connectivity index (χ1) is 12.5. The molecule has 0 saturated heterocycles. The summed E-state index contributed by atoms with van der Waals surface area (Å²) in [6.07, 6.45) is 2.09. The number of thioether (sulfide) groups is 1. The second kappa shape index (κ2) is 10.5. The van der Waals surface area contributed by atoms with E-state index in [1.807, 2.05) is 49.4 Å². The molecule has 26 heavy (non-hydrogen) atoms. The SMILES string of the molecule is CC(CCc1ccccc1)NC(=O)Nc1ccccc1SCCC(N)=O. The molecule has 138 valence electrons. The van der Waals surface area contributed by atoms with Gasteiger partial charge in [-0.3, -0.25) is 4.79 Å². The molecule has 0 fully saturated rings. The van der Waals surface area contributed by atoms with Crippen LogP contribution in [-0.2, 0) is 11.2 Å². The second-order valence-electron chi connectivity index (χ2n) is 6.08. The molecule has 0 aromatic heterocycles. The monoisotopic (exact) mass is 371 g/mol. The summed E-state index contributed by atoms with van der Waals surface area (Å²) in [6, 6.07) is 17.6. The highest BCUT2D eigenvalue weighted by Crippen LogP contribution is 2.27. The van der Waals surface area contributed by atoms with Crippen molar-refractivity contribution in [3.05, 3.63) is 60.2 Å². The average molecular weight is 372 g/mol. The van der Waals surface area contributed by atoms with Gasteiger partial charge < -0.3 is 16.4 Å². The van der Waals surface area contributed by atoms with Crippen molar-refractivity contribution >= 4 is 29.4 Å². The lowest BCUT2D eigenvalue weighted by molar-refractivity contribution is -0.117. The van der Waals surface area contributed by atoms with Crippen molar-refractivity contribution in [3.63, 3.8) is 0 Å². The fourth-order valence-electron chi connectivity index (χ4n) is 2.44. The van der Waals surface area contributed by atoms with Crippen LogP contribution in [0.1, 0.15) is 25.3 Å². The molecule has 3 amide bonds. The third-order valence-corrected chi connectivity index (χ3v) is 4.90. The topological polar surface area (TPSA) is 84.2 Å². The first-order valence-corrected chi connectivity index (χ1v) is 9.64. The lowest BCUT2D eigenvalue weighted by atomic mass is 10.1. The number of urea groups is 1. The van der Waals surface area contributed by atoms with E-state index in [-0.39, 0.29) is 18.0 Å². The molecule has 0 saturated carbocycles. The fraction of sp³-hybridized carbons (Fsp3) is 0.300. The van der Waals surface area contributed by atoms with Crippen LogP contribution in [-0.4, -0.2) is 23.7 Å². The smallest absolute Gasteiger partial charge is 0.319 e. The Balaban J connectivity index is 1.82. The molecule has 0 radical (unpaired) electrons. The molecule has 4 N–H and O–H groups in total. The van der Waals surface area contributed by atoms with E-state index in [2.05, 4.69) is 22.8 Å². The van der Waals surface area contributed by atoms with Crippen molar-refractivity contribution in [3.8, 4) is 0 Å². The van der Waals surface area contributed by atoms with Crippen LogP contribution in [0.4, 0.5) is 10.5 Å². The van der Waals surface area contributed by atoms with Crippen molar-refractivity contribution in [1.29, 1.82) is 0 Å². The minimum absolute atomic E-state index is 0.0601. The number of nitrogens with one attached hydrogen (secondary N) is 2. The Morgan fingerprint density at radius 3 is 2.50 bits per heavy atom. The molecule has 1 unspecified atom stereocenters. The molecule has 0 aliphatic rings. The van der Waals surface area contributed by atoms with Crippen molar-refractivity contribution in [2.24, 2.45) is 5.73 Å². The quantitative estimate of drug-likeness (QED) is 0.586. The van der Waals surface area contributed by atoms with E-state index in [4.69, 9.17) is 5.73 Å². The number of nitrogens with two attached hydrogens (primary N) is 1. The summed E-state index contributed by atoms with van der Waals surface area (Å²) < 4.78 is 0. The van der Waals surface area contributed by atoms with Gasteiger partial charge >= 0.3 is 6.03 Å². The van der Waals surface area contributed by atoms with Gasteiger partial charge in [-0.05, 0) is 37.5 Å². The van der Waals surface area contributed by atoms with E-state index in [1.165, 1.54) is 17.3 Å². The molecule has 6 heteroatoms. The number of hydrogen-bond acceptors (Lipinski definition) is 3. The number of hydrogen-bond donors (Lipinski definition) is 3. The molecular weight excluding hydrogens is 346 g/mol. The molecular formula is C20H25N3O2S. The molecule has 2 aromatic rings. The minimum atomic E-state index is -0.326. The number of primary amides is 1. The zero-order valence-electron chi connectivity index (χ0n) is 14.9. The number of carbonyl (C=O) groups excluding carboxylic acids is 2. The van der Waals surface area contributed by atoms with Crippen LogP contribution in [0.3, 0.4) is 0 Å². The predicted octanol–water partition coefficient (Wildman–Crippen LogP) is 3.80. The predicted molar refractivity (Wildman–Crippen MR) is 107 cm³/mol. The number of benzene rings is 2. The number of anilines is 1. The number of para-hydroxylation sites is 1.